The molecule has 1 aromatic carbocycles. The first kappa shape index (κ1) is 12.5. The lowest BCUT2D eigenvalue weighted by atomic mass is 10.1. The molecule has 0 aliphatic rings. The van der Waals surface area contributed by atoms with Crippen LogP contribution < -0.4 is 11.1 Å². The topological polar surface area (TPSA) is 50.4 Å². The maximum Gasteiger partial charge on any atom is 0.193 e. The highest BCUT2D eigenvalue weighted by molar-refractivity contribution is 5.92. The summed E-state index contributed by atoms with van der Waals surface area (Å²) < 4.78 is 13.1. The molecule has 88 valence electrons. The third-order valence-corrected chi connectivity index (χ3v) is 1.77. The van der Waals surface area contributed by atoms with Crippen LogP contribution in [0, 0.1) is 12.7 Å². The van der Waals surface area contributed by atoms with Gasteiger partial charge in [0.1, 0.15) is 5.82 Å². The molecule has 16 heavy (non-hydrogen) atoms. The van der Waals surface area contributed by atoms with E-state index in [4.69, 9.17) is 5.73 Å². The molecular weight excluding hydrogens is 205 g/mol. The Hall–Kier alpha value is -1.58. The highest BCUT2D eigenvalue weighted by Crippen LogP contribution is 2.13. The van der Waals surface area contributed by atoms with E-state index < -0.39 is 0 Å². The highest BCUT2D eigenvalue weighted by atomic mass is 19.1. The first-order valence-corrected chi connectivity index (χ1v) is 5.16. The molecule has 0 saturated heterocycles. The van der Waals surface area contributed by atoms with E-state index in [1.54, 1.807) is 0 Å². The minimum Gasteiger partial charge on any atom is -0.370 e. The summed E-state index contributed by atoms with van der Waals surface area (Å²) in [6, 6.07) is 4.66. The van der Waals surface area contributed by atoms with Crippen LogP contribution in [0.3, 0.4) is 0 Å². The molecule has 4 heteroatoms. The van der Waals surface area contributed by atoms with Crippen LogP contribution >= 0.6 is 0 Å². The minimum atomic E-state index is -0.286. The van der Waals surface area contributed by atoms with Crippen molar-refractivity contribution in [3.63, 3.8) is 0 Å². The molecule has 0 amide bonds. The van der Waals surface area contributed by atoms with Crippen molar-refractivity contribution in [2.24, 2.45) is 10.7 Å². The predicted molar refractivity (Wildman–Crippen MR) is 66.1 cm³/mol. The Labute approximate surface area is 95.6 Å². The van der Waals surface area contributed by atoms with Gasteiger partial charge < -0.3 is 11.1 Å². The summed E-state index contributed by atoms with van der Waals surface area (Å²) in [4.78, 5) is 4.22. The number of anilines is 1. The predicted octanol–water partition coefficient (Wildman–Crippen LogP) is 2.66. The van der Waals surface area contributed by atoms with Crippen LogP contribution in [-0.2, 0) is 0 Å². The molecule has 0 aromatic heterocycles. The largest absolute Gasteiger partial charge is 0.370 e. The van der Waals surface area contributed by atoms with Crippen molar-refractivity contribution in [2.45, 2.75) is 33.2 Å². The second-order valence-electron chi connectivity index (χ2n) is 4.81. The Morgan fingerprint density at radius 2 is 1.94 bits per heavy atom. The van der Waals surface area contributed by atoms with Gasteiger partial charge >= 0.3 is 0 Å². The molecule has 0 saturated carbocycles. The van der Waals surface area contributed by atoms with Gasteiger partial charge in [0.05, 0.1) is 5.54 Å². The third kappa shape index (κ3) is 4.29. The third-order valence-electron chi connectivity index (χ3n) is 1.77. The van der Waals surface area contributed by atoms with E-state index in [2.05, 4.69) is 10.3 Å². The summed E-state index contributed by atoms with van der Waals surface area (Å²) in [5.41, 5.74) is 6.91. The molecule has 0 atom stereocenters. The number of guanidine groups is 1. The quantitative estimate of drug-likeness (QED) is 0.568. The fraction of sp³-hybridized carbons (Fsp3) is 0.417. The van der Waals surface area contributed by atoms with Crippen molar-refractivity contribution in [3.8, 4) is 0 Å². The lowest BCUT2D eigenvalue weighted by Crippen LogP contribution is -2.27. The van der Waals surface area contributed by atoms with Crippen LogP contribution in [0.1, 0.15) is 26.3 Å². The molecule has 3 nitrogen and oxygen atoms in total. The molecule has 0 heterocycles. The molecule has 0 bridgehead atoms. The fourth-order valence-electron chi connectivity index (χ4n) is 1.35. The standard InChI is InChI=1S/C12H18FN3/c1-8-5-9(13)7-10(6-8)15-11(14)16-12(2,3)4/h5-7H,1-4H3,(H3,14,15,16). The number of nitrogens with zero attached hydrogens (tertiary/aromatic N) is 1. The molecular formula is C12H18FN3. The lowest BCUT2D eigenvalue weighted by molar-refractivity contribution is 0.583. The Bertz CT molecular complexity index is 385. The van der Waals surface area contributed by atoms with Crippen molar-refractivity contribution in [2.75, 3.05) is 5.32 Å². The van der Waals surface area contributed by atoms with Crippen LogP contribution in [0.2, 0.25) is 0 Å². The van der Waals surface area contributed by atoms with E-state index in [0.29, 0.717) is 5.69 Å². The average Bonchev–Trinajstić information content (AvgIpc) is 1.96. The smallest absolute Gasteiger partial charge is 0.193 e. The highest BCUT2D eigenvalue weighted by Gasteiger charge is 2.08. The number of aliphatic imine (C=N–C) groups is 1. The Kier molecular flexibility index (Phi) is 3.52. The van der Waals surface area contributed by atoms with Crippen LogP contribution in [0.25, 0.3) is 0 Å². The zero-order valence-electron chi connectivity index (χ0n) is 10.1. The Balaban J connectivity index is 2.85. The lowest BCUT2D eigenvalue weighted by Gasteiger charge is -2.14. The van der Waals surface area contributed by atoms with E-state index in [9.17, 15) is 4.39 Å². The van der Waals surface area contributed by atoms with Crippen molar-refractivity contribution < 1.29 is 4.39 Å². The van der Waals surface area contributed by atoms with Crippen LogP contribution in [0.15, 0.2) is 23.2 Å². The average molecular weight is 223 g/mol. The number of hydrogen-bond acceptors (Lipinski definition) is 1. The van der Waals surface area contributed by atoms with Gasteiger partial charge in [0.2, 0.25) is 0 Å². The number of benzene rings is 1. The number of halogens is 1. The SMILES string of the molecule is Cc1cc(F)cc(NC(N)=NC(C)(C)C)c1. The van der Waals surface area contributed by atoms with E-state index in [1.165, 1.54) is 12.1 Å². The number of aryl methyl sites for hydroxylation is 1. The first-order valence-electron chi connectivity index (χ1n) is 5.16. The molecule has 0 radical (unpaired) electrons. The molecule has 0 fully saturated rings. The number of rotatable bonds is 1. The fourth-order valence-corrected chi connectivity index (χ4v) is 1.35. The summed E-state index contributed by atoms with van der Waals surface area (Å²) in [7, 11) is 0. The zero-order chi connectivity index (χ0) is 12.3. The molecule has 0 unspecified atom stereocenters. The van der Waals surface area contributed by atoms with Gasteiger partial charge in [-0.2, -0.15) is 0 Å². The van der Waals surface area contributed by atoms with E-state index in [-0.39, 0.29) is 17.3 Å². The van der Waals surface area contributed by atoms with Crippen molar-refractivity contribution in [1.29, 1.82) is 0 Å². The van der Waals surface area contributed by atoms with Crippen LogP contribution in [0.5, 0.6) is 0 Å². The van der Waals surface area contributed by atoms with Gasteiger partial charge in [-0.25, -0.2) is 9.38 Å². The van der Waals surface area contributed by atoms with Crippen molar-refractivity contribution in [3.05, 3.63) is 29.6 Å². The number of nitrogens with one attached hydrogen (secondary N) is 1. The van der Waals surface area contributed by atoms with Crippen molar-refractivity contribution >= 4 is 11.6 Å². The maximum absolute atomic E-state index is 13.1. The van der Waals surface area contributed by atoms with E-state index in [0.717, 1.165) is 5.56 Å². The van der Waals surface area contributed by atoms with E-state index >= 15 is 0 Å². The molecule has 0 aliphatic carbocycles. The second kappa shape index (κ2) is 4.51. The summed E-state index contributed by atoms with van der Waals surface area (Å²) >= 11 is 0. The van der Waals surface area contributed by atoms with Gasteiger partial charge in [-0.15, -0.1) is 0 Å². The molecule has 1 rings (SSSR count). The normalized spacial score (nSPS) is 12.7. The van der Waals surface area contributed by atoms with E-state index in [1.807, 2.05) is 33.8 Å². The molecule has 1 aromatic rings. The number of nitrogens with two attached hydrogens (primary N) is 1. The van der Waals surface area contributed by atoms with Gasteiger partial charge in [-0.3, -0.25) is 0 Å². The minimum absolute atomic E-state index is 0.251. The summed E-state index contributed by atoms with van der Waals surface area (Å²) in [5, 5.41) is 2.87. The van der Waals surface area contributed by atoms with Crippen LogP contribution in [0.4, 0.5) is 10.1 Å². The molecule has 3 N–H and O–H groups in total. The summed E-state index contributed by atoms with van der Waals surface area (Å²) in [6.07, 6.45) is 0. The van der Waals surface area contributed by atoms with Crippen molar-refractivity contribution in [1.82, 2.24) is 0 Å². The maximum atomic E-state index is 13.1. The van der Waals surface area contributed by atoms with Gasteiger partial charge in [0.25, 0.3) is 0 Å². The zero-order valence-corrected chi connectivity index (χ0v) is 10.1. The van der Waals surface area contributed by atoms with Gasteiger partial charge in [-0.1, -0.05) is 0 Å². The summed E-state index contributed by atoms with van der Waals surface area (Å²) in [6.45, 7) is 7.65. The van der Waals surface area contributed by atoms with Gasteiger partial charge in [0, 0.05) is 5.69 Å². The Morgan fingerprint density at radius 3 is 2.44 bits per heavy atom. The van der Waals surface area contributed by atoms with Gasteiger partial charge in [-0.05, 0) is 51.5 Å². The monoisotopic (exact) mass is 223 g/mol. The molecule has 0 spiro atoms. The van der Waals surface area contributed by atoms with Crippen LogP contribution in [-0.4, -0.2) is 11.5 Å². The second-order valence-corrected chi connectivity index (χ2v) is 4.81. The van der Waals surface area contributed by atoms with Gasteiger partial charge in [0.15, 0.2) is 5.96 Å². The molecule has 0 aliphatic heterocycles. The summed E-state index contributed by atoms with van der Waals surface area (Å²) in [5.74, 6) is 0.00330. The first-order chi connectivity index (χ1) is 7.26. The Morgan fingerprint density at radius 1 is 1.31 bits per heavy atom. The number of hydrogen-bond donors (Lipinski definition) is 2.